The summed E-state index contributed by atoms with van der Waals surface area (Å²) in [6.45, 7) is 4.29. The topological polar surface area (TPSA) is 41.6 Å². The summed E-state index contributed by atoms with van der Waals surface area (Å²) in [5.41, 5.74) is 3.22. The van der Waals surface area contributed by atoms with Crippen LogP contribution in [0.4, 0.5) is 0 Å². The first-order chi connectivity index (χ1) is 10.8. The number of benzene rings is 1. The van der Waals surface area contributed by atoms with Gasteiger partial charge in [0.1, 0.15) is 0 Å². The summed E-state index contributed by atoms with van der Waals surface area (Å²) in [4.78, 5) is 14.7. The highest BCUT2D eigenvalue weighted by Gasteiger charge is 2.30. The predicted molar refractivity (Wildman–Crippen MR) is 91.8 cm³/mol. The Kier molecular flexibility index (Phi) is 5.24. The zero-order valence-corrected chi connectivity index (χ0v) is 14.2. The molecule has 1 unspecified atom stereocenters. The molecule has 3 heterocycles. The molecule has 5 heteroatoms. The van der Waals surface area contributed by atoms with Gasteiger partial charge in [-0.1, -0.05) is 6.07 Å². The SMILES string of the molecule is Cl.O=C(c1ccc2c(c1)COC2)N1CCC(C2CCCN2)CC1. The van der Waals surface area contributed by atoms with E-state index in [-0.39, 0.29) is 18.3 Å². The van der Waals surface area contributed by atoms with Crippen LogP contribution < -0.4 is 5.32 Å². The molecule has 1 aromatic carbocycles. The second kappa shape index (κ2) is 7.20. The van der Waals surface area contributed by atoms with Crippen LogP contribution in [0, 0.1) is 5.92 Å². The van der Waals surface area contributed by atoms with E-state index >= 15 is 0 Å². The minimum absolute atomic E-state index is 0. The van der Waals surface area contributed by atoms with Crippen LogP contribution in [-0.2, 0) is 18.0 Å². The minimum Gasteiger partial charge on any atom is -0.372 e. The van der Waals surface area contributed by atoms with E-state index in [4.69, 9.17) is 4.74 Å². The molecule has 0 saturated carbocycles. The smallest absolute Gasteiger partial charge is 0.253 e. The van der Waals surface area contributed by atoms with Gasteiger partial charge in [-0.15, -0.1) is 12.4 Å². The normalized spacial score (nSPS) is 24.3. The van der Waals surface area contributed by atoms with Crippen molar-refractivity contribution in [3.63, 3.8) is 0 Å². The van der Waals surface area contributed by atoms with Crippen molar-refractivity contribution in [1.82, 2.24) is 10.2 Å². The maximum Gasteiger partial charge on any atom is 0.253 e. The van der Waals surface area contributed by atoms with Crippen molar-refractivity contribution in [2.24, 2.45) is 5.92 Å². The van der Waals surface area contributed by atoms with E-state index in [0.29, 0.717) is 19.3 Å². The third-order valence-electron chi connectivity index (χ3n) is 5.46. The molecule has 1 amide bonds. The summed E-state index contributed by atoms with van der Waals surface area (Å²) in [5.74, 6) is 0.938. The first kappa shape index (κ1) is 16.7. The number of carbonyl (C=O) groups is 1. The quantitative estimate of drug-likeness (QED) is 0.903. The number of amides is 1. The lowest BCUT2D eigenvalue weighted by molar-refractivity contribution is 0.0674. The second-order valence-electron chi connectivity index (χ2n) is 6.81. The van der Waals surface area contributed by atoms with Gasteiger partial charge in [0.15, 0.2) is 0 Å². The highest BCUT2D eigenvalue weighted by molar-refractivity contribution is 5.94. The molecule has 0 aliphatic carbocycles. The number of carbonyl (C=O) groups excluding carboxylic acids is 1. The Morgan fingerprint density at radius 1 is 1.13 bits per heavy atom. The Bertz CT molecular complexity index is 564. The van der Waals surface area contributed by atoms with Gasteiger partial charge in [-0.25, -0.2) is 0 Å². The molecule has 23 heavy (non-hydrogen) atoms. The Morgan fingerprint density at radius 3 is 2.65 bits per heavy atom. The molecule has 1 aromatic rings. The lowest BCUT2D eigenvalue weighted by Crippen LogP contribution is -2.43. The van der Waals surface area contributed by atoms with E-state index in [1.165, 1.54) is 30.5 Å². The number of hydrogen-bond acceptors (Lipinski definition) is 3. The number of rotatable bonds is 2. The van der Waals surface area contributed by atoms with Crippen molar-refractivity contribution in [2.75, 3.05) is 19.6 Å². The van der Waals surface area contributed by atoms with Crippen molar-refractivity contribution >= 4 is 18.3 Å². The van der Waals surface area contributed by atoms with Gasteiger partial charge in [0.05, 0.1) is 13.2 Å². The number of halogens is 1. The Hall–Kier alpha value is -1.10. The highest BCUT2D eigenvalue weighted by Crippen LogP contribution is 2.27. The van der Waals surface area contributed by atoms with Crippen LogP contribution in [0.3, 0.4) is 0 Å². The second-order valence-corrected chi connectivity index (χ2v) is 6.81. The summed E-state index contributed by atoms with van der Waals surface area (Å²) in [5, 5.41) is 3.61. The summed E-state index contributed by atoms with van der Waals surface area (Å²) < 4.78 is 5.43. The molecule has 0 radical (unpaired) electrons. The molecule has 126 valence electrons. The van der Waals surface area contributed by atoms with E-state index in [1.807, 2.05) is 23.1 Å². The fourth-order valence-electron chi connectivity index (χ4n) is 4.11. The van der Waals surface area contributed by atoms with Gasteiger partial charge in [-0.05, 0) is 61.4 Å². The Morgan fingerprint density at radius 2 is 1.91 bits per heavy atom. The summed E-state index contributed by atoms with van der Waals surface area (Å²) in [6.07, 6.45) is 4.89. The Labute approximate surface area is 144 Å². The van der Waals surface area contributed by atoms with Gasteiger partial charge in [-0.3, -0.25) is 4.79 Å². The molecule has 0 aromatic heterocycles. The van der Waals surface area contributed by atoms with Crippen LogP contribution in [0.1, 0.15) is 47.2 Å². The molecule has 1 atom stereocenters. The number of likely N-dealkylation sites (tertiary alicyclic amines) is 1. The third-order valence-corrected chi connectivity index (χ3v) is 5.46. The van der Waals surface area contributed by atoms with E-state index < -0.39 is 0 Å². The maximum absolute atomic E-state index is 12.7. The van der Waals surface area contributed by atoms with Crippen molar-refractivity contribution in [1.29, 1.82) is 0 Å². The first-order valence-electron chi connectivity index (χ1n) is 8.53. The lowest BCUT2D eigenvalue weighted by Gasteiger charge is -2.35. The van der Waals surface area contributed by atoms with Gasteiger partial charge >= 0.3 is 0 Å². The maximum atomic E-state index is 12.7. The van der Waals surface area contributed by atoms with Gasteiger partial charge in [0.25, 0.3) is 5.91 Å². The Balaban J connectivity index is 0.00000156. The number of nitrogens with one attached hydrogen (secondary N) is 1. The largest absolute Gasteiger partial charge is 0.372 e. The van der Waals surface area contributed by atoms with Gasteiger partial charge in [-0.2, -0.15) is 0 Å². The molecule has 3 aliphatic heterocycles. The number of fused-ring (bicyclic) bond motifs is 1. The van der Waals surface area contributed by atoms with Crippen LogP contribution >= 0.6 is 12.4 Å². The number of hydrogen-bond donors (Lipinski definition) is 1. The zero-order chi connectivity index (χ0) is 14.9. The fourth-order valence-corrected chi connectivity index (χ4v) is 4.11. The number of piperidine rings is 1. The van der Waals surface area contributed by atoms with Crippen LogP contribution in [0.25, 0.3) is 0 Å². The van der Waals surface area contributed by atoms with Gasteiger partial charge in [0.2, 0.25) is 0 Å². The molecule has 2 fully saturated rings. The average Bonchev–Trinajstić information content (AvgIpc) is 3.25. The zero-order valence-electron chi connectivity index (χ0n) is 13.4. The number of nitrogens with zero attached hydrogens (tertiary/aromatic N) is 1. The first-order valence-corrected chi connectivity index (χ1v) is 8.53. The van der Waals surface area contributed by atoms with E-state index in [9.17, 15) is 4.79 Å². The van der Waals surface area contributed by atoms with Crippen molar-refractivity contribution in [3.8, 4) is 0 Å². The number of ether oxygens (including phenoxy) is 1. The molecular weight excluding hydrogens is 312 g/mol. The van der Waals surface area contributed by atoms with E-state index in [0.717, 1.165) is 37.4 Å². The lowest BCUT2D eigenvalue weighted by atomic mass is 9.88. The van der Waals surface area contributed by atoms with Crippen molar-refractivity contribution in [3.05, 3.63) is 34.9 Å². The van der Waals surface area contributed by atoms with Crippen LogP contribution in [-0.4, -0.2) is 36.5 Å². The summed E-state index contributed by atoms with van der Waals surface area (Å²) in [7, 11) is 0. The van der Waals surface area contributed by atoms with Crippen molar-refractivity contribution in [2.45, 2.75) is 44.9 Å². The molecule has 3 aliphatic rings. The van der Waals surface area contributed by atoms with Crippen LogP contribution in [0.2, 0.25) is 0 Å². The molecule has 2 saturated heterocycles. The molecule has 4 rings (SSSR count). The van der Waals surface area contributed by atoms with Crippen LogP contribution in [0.15, 0.2) is 18.2 Å². The monoisotopic (exact) mass is 336 g/mol. The molecular formula is C18H25ClN2O2. The summed E-state index contributed by atoms with van der Waals surface area (Å²) in [6, 6.07) is 6.72. The van der Waals surface area contributed by atoms with Gasteiger partial charge in [0, 0.05) is 24.7 Å². The van der Waals surface area contributed by atoms with Gasteiger partial charge < -0.3 is 15.0 Å². The molecule has 0 bridgehead atoms. The third kappa shape index (κ3) is 3.39. The molecule has 0 spiro atoms. The molecule has 1 N–H and O–H groups in total. The minimum atomic E-state index is 0. The van der Waals surface area contributed by atoms with E-state index in [2.05, 4.69) is 5.32 Å². The molecule has 4 nitrogen and oxygen atoms in total. The highest BCUT2D eigenvalue weighted by atomic mass is 35.5. The average molecular weight is 337 g/mol. The fraction of sp³-hybridized carbons (Fsp3) is 0.611. The van der Waals surface area contributed by atoms with E-state index in [1.54, 1.807) is 0 Å². The standard InChI is InChI=1S/C18H24N2O2.ClH/c21-18(14-3-4-15-11-22-12-16(15)10-14)20-8-5-13(6-9-20)17-2-1-7-19-17;/h3-4,10,13,17,19H,1-2,5-9,11-12H2;1H. The van der Waals surface area contributed by atoms with Crippen molar-refractivity contribution < 1.29 is 9.53 Å². The predicted octanol–water partition coefficient (Wildman–Crippen LogP) is 2.74. The summed E-state index contributed by atoms with van der Waals surface area (Å²) >= 11 is 0. The van der Waals surface area contributed by atoms with Crippen LogP contribution in [0.5, 0.6) is 0 Å².